The Hall–Kier alpha value is -0.0900. The molecule has 0 radical (unpaired) electrons. The van der Waals surface area contributed by atoms with Crippen LogP contribution >= 0.6 is 0 Å². The van der Waals surface area contributed by atoms with E-state index in [2.05, 4.69) is 6.92 Å². The summed E-state index contributed by atoms with van der Waals surface area (Å²) >= 11 is 0. The molecule has 0 aromatic heterocycles. The maximum absolute atomic E-state index is 11.5. The first-order chi connectivity index (χ1) is 6.90. The Morgan fingerprint density at radius 1 is 1.40 bits per heavy atom. The van der Waals surface area contributed by atoms with Crippen LogP contribution in [0.1, 0.15) is 51.9 Å². The van der Waals surface area contributed by atoms with E-state index in [-0.39, 0.29) is 0 Å². The zero-order chi connectivity index (χ0) is 11.5. The molecule has 90 valence electrons. The zero-order valence-corrected chi connectivity index (χ0v) is 10.5. The highest BCUT2D eigenvalue weighted by Crippen LogP contribution is 2.38. The van der Waals surface area contributed by atoms with E-state index in [4.69, 9.17) is 0 Å². The minimum Gasteiger partial charge on any atom is -0.389 e. The molecular weight excluding hydrogens is 212 g/mol. The smallest absolute Gasteiger partial charge is 0.153 e. The number of rotatable bonds is 5. The van der Waals surface area contributed by atoms with E-state index in [1.807, 2.05) is 0 Å². The van der Waals surface area contributed by atoms with E-state index in [0.29, 0.717) is 19.3 Å². The first-order valence-corrected chi connectivity index (χ1v) is 7.77. The van der Waals surface area contributed by atoms with Crippen LogP contribution in [0.2, 0.25) is 0 Å². The van der Waals surface area contributed by atoms with Crippen molar-refractivity contribution in [2.24, 2.45) is 0 Å². The van der Waals surface area contributed by atoms with Gasteiger partial charge in [0.25, 0.3) is 0 Å². The molecule has 1 N–H and O–H groups in total. The predicted octanol–water partition coefficient (Wildman–Crippen LogP) is 1.89. The third-order valence-corrected chi connectivity index (χ3v) is 5.11. The second-order valence-electron chi connectivity index (χ2n) is 4.77. The van der Waals surface area contributed by atoms with Crippen molar-refractivity contribution >= 4 is 9.84 Å². The molecule has 1 rings (SSSR count). The van der Waals surface area contributed by atoms with Gasteiger partial charge in [0.2, 0.25) is 0 Å². The van der Waals surface area contributed by atoms with Crippen LogP contribution in [0.25, 0.3) is 0 Å². The molecule has 0 bridgehead atoms. The van der Waals surface area contributed by atoms with Gasteiger partial charge < -0.3 is 5.11 Å². The second-order valence-corrected chi connectivity index (χ2v) is 7.00. The Bertz CT molecular complexity index is 297. The number of sulfone groups is 1. The van der Waals surface area contributed by atoms with Crippen LogP contribution in [-0.2, 0) is 9.84 Å². The first kappa shape index (κ1) is 13.0. The largest absolute Gasteiger partial charge is 0.389 e. The van der Waals surface area contributed by atoms with E-state index in [1.165, 1.54) is 6.26 Å². The average Bonchev–Trinajstić information content (AvgIpc) is 2.47. The summed E-state index contributed by atoms with van der Waals surface area (Å²) in [7, 11) is -3.10. The molecular formula is C11H22O3S. The highest BCUT2D eigenvalue weighted by molar-refractivity contribution is 7.91. The standard InChI is InChI=1S/C11H22O3S/c1-3-4-5-8-11(12)9-6-7-10(11)15(2,13)14/h10,12H,3-9H2,1-2H3. The molecule has 1 saturated carbocycles. The molecule has 3 nitrogen and oxygen atoms in total. The van der Waals surface area contributed by atoms with Crippen LogP contribution in [-0.4, -0.2) is 30.6 Å². The van der Waals surface area contributed by atoms with Crippen molar-refractivity contribution in [1.29, 1.82) is 0 Å². The maximum atomic E-state index is 11.5. The van der Waals surface area contributed by atoms with Crippen LogP contribution in [0.15, 0.2) is 0 Å². The van der Waals surface area contributed by atoms with E-state index >= 15 is 0 Å². The van der Waals surface area contributed by atoms with Gasteiger partial charge in [-0.25, -0.2) is 8.42 Å². The van der Waals surface area contributed by atoms with E-state index in [9.17, 15) is 13.5 Å². The van der Waals surface area contributed by atoms with Gasteiger partial charge in [0.05, 0.1) is 10.9 Å². The lowest BCUT2D eigenvalue weighted by atomic mass is 9.94. The Morgan fingerprint density at radius 3 is 2.60 bits per heavy atom. The van der Waals surface area contributed by atoms with Gasteiger partial charge in [0.15, 0.2) is 9.84 Å². The van der Waals surface area contributed by atoms with Crippen molar-refractivity contribution in [2.45, 2.75) is 62.7 Å². The molecule has 0 aromatic rings. The third-order valence-electron chi connectivity index (χ3n) is 3.41. The van der Waals surface area contributed by atoms with E-state index in [0.717, 1.165) is 25.7 Å². The molecule has 2 unspecified atom stereocenters. The molecule has 4 heteroatoms. The van der Waals surface area contributed by atoms with Gasteiger partial charge in [-0.1, -0.05) is 26.2 Å². The average molecular weight is 234 g/mol. The SMILES string of the molecule is CCCCCC1(O)CCCC1S(C)(=O)=O. The molecule has 2 atom stereocenters. The normalized spacial score (nSPS) is 32.1. The van der Waals surface area contributed by atoms with Gasteiger partial charge in [-0.05, 0) is 25.7 Å². The highest BCUT2D eigenvalue weighted by atomic mass is 32.2. The van der Waals surface area contributed by atoms with Crippen LogP contribution < -0.4 is 0 Å². The molecule has 1 fully saturated rings. The quantitative estimate of drug-likeness (QED) is 0.739. The van der Waals surface area contributed by atoms with Crippen LogP contribution in [0.3, 0.4) is 0 Å². The van der Waals surface area contributed by atoms with Gasteiger partial charge >= 0.3 is 0 Å². The molecule has 0 heterocycles. The van der Waals surface area contributed by atoms with E-state index in [1.54, 1.807) is 0 Å². The predicted molar refractivity (Wildman–Crippen MR) is 61.6 cm³/mol. The summed E-state index contributed by atoms with van der Waals surface area (Å²) in [6.45, 7) is 2.10. The molecule has 0 aliphatic heterocycles. The molecule has 0 saturated heterocycles. The minimum atomic E-state index is -3.10. The monoisotopic (exact) mass is 234 g/mol. The summed E-state index contributed by atoms with van der Waals surface area (Å²) < 4.78 is 23.0. The summed E-state index contributed by atoms with van der Waals surface area (Å²) in [5.74, 6) is 0. The van der Waals surface area contributed by atoms with Crippen molar-refractivity contribution in [2.75, 3.05) is 6.26 Å². The third kappa shape index (κ3) is 3.18. The van der Waals surface area contributed by atoms with Gasteiger partial charge in [-0.3, -0.25) is 0 Å². The molecule has 0 spiro atoms. The Balaban J connectivity index is 2.65. The lowest BCUT2D eigenvalue weighted by molar-refractivity contribution is 0.0393. The second kappa shape index (κ2) is 4.83. The van der Waals surface area contributed by atoms with Crippen LogP contribution in [0.4, 0.5) is 0 Å². The summed E-state index contributed by atoms with van der Waals surface area (Å²) in [6.07, 6.45) is 7.08. The summed E-state index contributed by atoms with van der Waals surface area (Å²) in [4.78, 5) is 0. The fourth-order valence-corrected chi connectivity index (χ4v) is 4.23. The fourth-order valence-electron chi connectivity index (χ4n) is 2.60. The van der Waals surface area contributed by atoms with Gasteiger partial charge in [-0.2, -0.15) is 0 Å². The maximum Gasteiger partial charge on any atom is 0.153 e. The number of aliphatic hydroxyl groups is 1. The lowest BCUT2D eigenvalue weighted by Crippen LogP contribution is -2.42. The van der Waals surface area contributed by atoms with Crippen molar-refractivity contribution in [3.05, 3.63) is 0 Å². The summed E-state index contributed by atoms with van der Waals surface area (Å²) in [5.41, 5.74) is -0.942. The zero-order valence-electron chi connectivity index (χ0n) is 9.70. The van der Waals surface area contributed by atoms with Gasteiger partial charge in [-0.15, -0.1) is 0 Å². The van der Waals surface area contributed by atoms with Gasteiger partial charge in [0.1, 0.15) is 0 Å². The Morgan fingerprint density at radius 2 is 2.07 bits per heavy atom. The van der Waals surface area contributed by atoms with Crippen molar-refractivity contribution < 1.29 is 13.5 Å². The topological polar surface area (TPSA) is 54.4 Å². The van der Waals surface area contributed by atoms with Crippen molar-refractivity contribution in [3.63, 3.8) is 0 Å². The van der Waals surface area contributed by atoms with Gasteiger partial charge in [0, 0.05) is 6.26 Å². The minimum absolute atomic E-state index is 0.526. The molecule has 0 aromatic carbocycles. The lowest BCUT2D eigenvalue weighted by Gasteiger charge is -2.28. The fraction of sp³-hybridized carbons (Fsp3) is 1.00. The van der Waals surface area contributed by atoms with E-state index < -0.39 is 20.7 Å². The molecule has 1 aliphatic rings. The number of hydrogen-bond acceptors (Lipinski definition) is 3. The molecule has 0 amide bonds. The summed E-state index contributed by atoms with van der Waals surface area (Å²) in [6, 6.07) is 0. The first-order valence-electron chi connectivity index (χ1n) is 5.81. The molecule has 15 heavy (non-hydrogen) atoms. The van der Waals surface area contributed by atoms with Crippen molar-refractivity contribution in [3.8, 4) is 0 Å². The van der Waals surface area contributed by atoms with Crippen LogP contribution in [0.5, 0.6) is 0 Å². The Kier molecular flexibility index (Phi) is 4.18. The number of unbranched alkanes of at least 4 members (excludes halogenated alkanes) is 2. The number of hydrogen-bond donors (Lipinski definition) is 1. The van der Waals surface area contributed by atoms with Crippen molar-refractivity contribution in [1.82, 2.24) is 0 Å². The summed E-state index contributed by atoms with van der Waals surface area (Å²) in [5, 5.41) is 9.81. The van der Waals surface area contributed by atoms with Crippen LogP contribution in [0, 0.1) is 0 Å². The Labute approximate surface area is 92.8 Å². The highest BCUT2D eigenvalue weighted by Gasteiger charge is 2.45. The molecule has 1 aliphatic carbocycles.